The van der Waals surface area contributed by atoms with Crippen LogP contribution in [0.1, 0.15) is 35.2 Å². The number of sulfonamides is 1. The van der Waals surface area contributed by atoms with Crippen molar-refractivity contribution in [1.82, 2.24) is 4.31 Å². The van der Waals surface area contributed by atoms with Crippen LogP contribution in [0, 0.1) is 5.92 Å². The highest BCUT2D eigenvalue weighted by Gasteiger charge is 2.42. The van der Waals surface area contributed by atoms with Gasteiger partial charge in [0, 0.05) is 23.7 Å². The van der Waals surface area contributed by atoms with Crippen LogP contribution >= 0.6 is 11.6 Å². The number of anilines is 1. The highest BCUT2D eigenvalue weighted by molar-refractivity contribution is 7.89. The van der Waals surface area contributed by atoms with Gasteiger partial charge in [0.15, 0.2) is 5.78 Å². The minimum absolute atomic E-state index is 0.137. The number of hydrazone groups is 1. The van der Waals surface area contributed by atoms with E-state index in [1.807, 2.05) is 18.2 Å². The van der Waals surface area contributed by atoms with E-state index in [1.165, 1.54) is 33.6 Å². The van der Waals surface area contributed by atoms with Crippen molar-refractivity contribution >= 4 is 44.7 Å². The van der Waals surface area contributed by atoms with Gasteiger partial charge in [-0.05, 0) is 54.8 Å². The Labute approximate surface area is 215 Å². The number of carbonyl (C=O) groups excluding carboxylic acids is 2. The van der Waals surface area contributed by atoms with E-state index in [0.29, 0.717) is 35.1 Å². The normalized spacial score (nSPS) is 18.8. The summed E-state index contributed by atoms with van der Waals surface area (Å²) < 4.78 is 27.5. The van der Waals surface area contributed by atoms with Gasteiger partial charge in [0.05, 0.1) is 16.3 Å². The van der Waals surface area contributed by atoms with E-state index in [2.05, 4.69) is 5.10 Å². The molecule has 0 saturated carbocycles. The molecule has 5 rings (SSSR count). The van der Waals surface area contributed by atoms with E-state index >= 15 is 0 Å². The number of carbonyl (C=O) groups is 2. The largest absolute Gasteiger partial charge is 0.293 e. The van der Waals surface area contributed by atoms with Gasteiger partial charge >= 0.3 is 0 Å². The van der Waals surface area contributed by atoms with Gasteiger partial charge in [-0.1, -0.05) is 60.5 Å². The standard InChI is InChI=1S/C27H24ClN3O4S/c28-21-11-13-22(14-12-21)31-27(33)24(25(29-31)19-7-3-1-4-8-19)26(32)20-9-15-23(16-10-20)36(34,35)30-17-5-2-6-18-30/h1,3-4,7-16,24H,2,5-6,17-18H2. The molecule has 0 aromatic heterocycles. The SMILES string of the molecule is O=C(c1ccc(S(=O)(=O)N2CCCCC2)cc1)C1C(=O)N(c2ccc(Cl)cc2)N=C1c1ccccc1. The molecular weight excluding hydrogens is 498 g/mol. The molecule has 9 heteroatoms. The van der Waals surface area contributed by atoms with E-state index in [9.17, 15) is 18.0 Å². The summed E-state index contributed by atoms with van der Waals surface area (Å²) in [7, 11) is -3.62. The topological polar surface area (TPSA) is 87.1 Å². The molecule has 3 aromatic rings. The van der Waals surface area contributed by atoms with Crippen molar-refractivity contribution in [1.29, 1.82) is 0 Å². The average molecular weight is 522 g/mol. The summed E-state index contributed by atoms with van der Waals surface area (Å²) in [6, 6.07) is 21.5. The van der Waals surface area contributed by atoms with Crippen molar-refractivity contribution in [3.05, 3.63) is 95.0 Å². The highest BCUT2D eigenvalue weighted by Crippen LogP contribution is 2.30. The number of ketones is 1. The summed E-state index contributed by atoms with van der Waals surface area (Å²) in [5, 5.41) is 6.26. The van der Waals surface area contributed by atoms with Crippen LogP contribution in [-0.4, -0.2) is 43.2 Å². The zero-order valence-corrected chi connectivity index (χ0v) is 21.0. The van der Waals surface area contributed by atoms with Gasteiger partial charge in [0.1, 0.15) is 5.92 Å². The van der Waals surface area contributed by atoms with Gasteiger partial charge in [-0.15, -0.1) is 0 Å². The lowest BCUT2D eigenvalue weighted by atomic mass is 9.89. The minimum atomic E-state index is -3.62. The van der Waals surface area contributed by atoms with Crippen LogP contribution in [0.5, 0.6) is 0 Å². The Morgan fingerprint density at radius 2 is 1.50 bits per heavy atom. The van der Waals surface area contributed by atoms with Gasteiger partial charge in [-0.25, -0.2) is 8.42 Å². The third-order valence-corrected chi connectivity index (χ3v) is 8.60. The first kappa shape index (κ1) is 24.4. The summed E-state index contributed by atoms with van der Waals surface area (Å²) in [5.41, 5.74) is 1.74. The number of nitrogens with zero attached hydrogens (tertiary/aromatic N) is 3. The van der Waals surface area contributed by atoms with Gasteiger partial charge < -0.3 is 0 Å². The molecule has 36 heavy (non-hydrogen) atoms. The summed E-state index contributed by atoms with van der Waals surface area (Å²) in [6.45, 7) is 0.994. The monoisotopic (exact) mass is 521 g/mol. The van der Waals surface area contributed by atoms with Crippen LogP contribution in [0.3, 0.4) is 0 Å². The average Bonchev–Trinajstić information content (AvgIpc) is 3.26. The Bertz CT molecular complexity index is 1420. The first-order valence-electron chi connectivity index (χ1n) is 11.7. The molecule has 1 unspecified atom stereocenters. The van der Waals surface area contributed by atoms with E-state index in [-0.39, 0.29) is 10.5 Å². The molecule has 0 aliphatic carbocycles. The lowest BCUT2D eigenvalue weighted by Gasteiger charge is -2.25. The first-order valence-corrected chi connectivity index (χ1v) is 13.6. The molecule has 0 spiro atoms. The van der Waals surface area contributed by atoms with Crippen LogP contribution in [-0.2, 0) is 14.8 Å². The maximum Gasteiger partial charge on any atom is 0.264 e. The molecule has 1 atom stereocenters. The maximum atomic E-state index is 13.6. The molecule has 2 aliphatic heterocycles. The predicted molar refractivity (Wildman–Crippen MR) is 139 cm³/mol. The molecule has 0 N–H and O–H groups in total. The van der Waals surface area contributed by atoms with Crippen LogP contribution in [0.15, 0.2) is 88.9 Å². The Morgan fingerprint density at radius 1 is 0.861 bits per heavy atom. The van der Waals surface area contributed by atoms with Crippen LogP contribution in [0.2, 0.25) is 5.02 Å². The highest BCUT2D eigenvalue weighted by atomic mass is 35.5. The lowest BCUT2D eigenvalue weighted by molar-refractivity contribution is -0.118. The second-order valence-electron chi connectivity index (χ2n) is 8.76. The molecule has 1 saturated heterocycles. The predicted octanol–water partition coefficient (Wildman–Crippen LogP) is 4.76. The zero-order valence-electron chi connectivity index (χ0n) is 19.4. The zero-order chi connectivity index (χ0) is 25.3. The molecule has 3 aromatic carbocycles. The molecule has 1 amide bonds. The van der Waals surface area contributed by atoms with Crippen molar-refractivity contribution in [2.45, 2.75) is 24.2 Å². The number of amides is 1. The van der Waals surface area contributed by atoms with E-state index in [1.54, 1.807) is 36.4 Å². The number of hydrogen-bond donors (Lipinski definition) is 0. The van der Waals surface area contributed by atoms with Crippen LogP contribution in [0.25, 0.3) is 0 Å². The van der Waals surface area contributed by atoms with Crippen molar-refractivity contribution in [2.75, 3.05) is 18.1 Å². The molecular formula is C27H24ClN3O4S. The van der Waals surface area contributed by atoms with Gasteiger partial charge in [-0.2, -0.15) is 14.4 Å². The van der Waals surface area contributed by atoms with Crippen LogP contribution in [0.4, 0.5) is 5.69 Å². The van der Waals surface area contributed by atoms with E-state index in [0.717, 1.165) is 19.3 Å². The fourth-order valence-corrected chi connectivity index (χ4v) is 6.15. The molecule has 1 fully saturated rings. The number of benzene rings is 3. The van der Waals surface area contributed by atoms with Crippen molar-refractivity contribution in [2.24, 2.45) is 11.0 Å². The Morgan fingerprint density at radius 3 is 2.14 bits per heavy atom. The quantitative estimate of drug-likeness (QED) is 0.345. The van der Waals surface area contributed by atoms with Gasteiger partial charge in [0.2, 0.25) is 10.0 Å². The second kappa shape index (κ2) is 9.97. The number of Topliss-reactive ketones (excluding diaryl/α,β-unsaturated/α-hetero) is 1. The molecule has 184 valence electrons. The van der Waals surface area contributed by atoms with Crippen LogP contribution < -0.4 is 5.01 Å². The minimum Gasteiger partial charge on any atom is -0.293 e. The maximum absolute atomic E-state index is 13.6. The fourth-order valence-electron chi connectivity index (χ4n) is 4.50. The third kappa shape index (κ3) is 4.59. The third-order valence-electron chi connectivity index (χ3n) is 6.43. The summed E-state index contributed by atoms with van der Waals surface area (Å²) in [6.07, 6.45) is 2.70. The number of halogens is 1. The van der Waals surface area contributed by atoms with Crippen molar-refractivity contribution < 1.29 is 18.0 Å². The molecule has 7 nitrogen and oxygen atoms in total. The lowest BCUT2D eigenvalue weighted by Crippen LogP contribution is -2.35. The first-order chi connectivity index (χ1) is 17.4. The van der Waals surface area contributed by atoms with E-state index < -0.39 is 27.6 Å². The van der Waals surface area contributed by atoms with Gasteiger partial charge in [0.25, 0.3) is 5.91 Å². The molecule has 0 radical (unpaired) electrons. The Hall–Kier alpha value is -3.33. The summed E-state index contributed by atoms with van der Waals surface area (Å²) in [5.74, 6) is -2.08. The van der Waals surface area contributed by atoms with Crippen molar-refractivity contribution in [3.8, 4) is 0 Å². The Kier molecular flexibility index (Phi) is 6.75. The number of piperidine rings is 1. The fraction of sp³-hybridized carbons (Fsp3) is 0.222. The summed E-state index contributed by atoms with van der Waals surface area (Å²) >= 11 is 5.99. The van der Waals surface area contributed by atoms with Gasteiger partial charge in [-0.3, -0.25) is 9.59 Å². The van der Waals surface area contributed by atoms with Crippen molar-refractivity contribution in [3.63, 3.8) is 0 Å². The van der Waals surface area contributed by atoms with E-state index in [4.69, 9.17) is 11.6 Å². The molecule has 2 heterocycles. The molecule has 0 bridgehead atoms. The number of rotatable bonds is 6. The smallest absolute Gasteiger partial charge is 0.264 e. The molecule has 2 aliphatic rings. The summed E-state index contributed by atoms with van der Waals surface area (Å²) in [4.78, 5) is 27.2. The Balaban J connectivity index is 1.46. The number of hydrogen-bond acceptors (Lipinski definition) is 5. The second-order valence-corrected chi connectivity index (χ2v) is 11.1.